The topological polar surface area (TPSA) is 105 Å². The van der Waals surface area contributed by atoms with Gasteiger partial charge >= 0.3 is 11.9 Å². The fraction of sp³-hybridized carbons (Fsp3) is 0.300. The van der Waals surface area contributed by atoms with Crippen molar-refractivity contribution in [1.82, 2.24) is 5.32 Å². The molecule has 0 bridgehead atoms. The highest BCUT2D eigenvalue weighted by Gasteiger charge is 2.21. The van der Waals surface area contributed by atoms with E-state index in [0.29, 0.717) is 11.1 Å². The van der Waals surface area contributed by atoms with Crippen LogP contribution in [0.5, 0.6) is 11.5 Å². The molecule has 144 valence electrons. The van der Waals surface area contributed by atoms with Crippen LogP contribution < -0.4 is 5.32 Å². The molecule has 2 rings (SSSR count). The average molecular weight is 373 g/mol. The van der Waals surface area contributed by atoms with Crippen LogP contribution in [0.4, 0.5) is 0 Å². The number of likely N-dealkylation sites (N-methyl/N-ethyl adjacent to an activating group) is 1. The minimum Gasteiger partial charge on any atom is -0.504 e. The van der Waals surface area contributed by atoms with Crippen LogP contribution in [0.15, 0.2) is 48.5 Å². The van der Waals surface area contributed by atoms with Crippen molar-refractivity contribution in [3.63, 3.8) is 0 Å². The van der Waals surface area contributed by atoms with Crippen molar-refractivity contribution in [3.8, 4) is 11.5 Å². The van der Waals surface area contributed by atoms with Gasteiger partial charge in [-0.05, 0) is 50.2 Å². The van der Waals surface area contributed by atoms with Gasteiger partial charge < -0.3 is 25.0 Å². The Morgan fingerprint density at radius 2 is 1.78 bits per heavy atom. The molecule has 2 atom stereocenters. The summed E-state index contributed by atoms with van der Waals surface area (Å²) >= 11 is 0. The quantitative estimate of drug-likeness (QED) is 0.480. The molecular weight excluding hydrogens is 350 g/mol. The summed E-state index contributed by atoms with van der Waals surface area (Å²) in [5.74, 6) is -1.47. The normalized spacial score (nSPS) is 12.8. The average Bonchev–Trinajstić information content (AvgIpc) is 2.67. The smallest absolute Gasteiger partial charge is 0.338 e. The molecule has 0 spiro atoms. The fourth-order valence-electron chi connectivity index (χ4n) is 2.39. The lowest BCUT2D eigenvalue weighted by atomic mass is 10.1. The molecule has 0 unspecified atom stereocenters. The van der Waals surface area contributed by atoms with Crippen LogP contribution in [-0.4, -0.2) is 48.0 Å². The second-order valence-corrected chi connectivity index (χ2v) is 6.08. The summed E-state index contributed by atoms with van der Waals surface area (Å²) < 4.78 is 10.5. The molecule has 0 heterocycles. The van der Waals surface area contributed by atoms with Crippen molar-refractivity contribution >= 4 is 11.9 Å². The molecule has 0 aliphatic carbocycles. The number of carbonyl (C=O) groups is 2. The molecule has 0 aromatic heterocycles. The van der Waals surface area contributed by atoms with Gasteiger partial charge in [0.15, 0.2) is 11.5 Å². The summed E-state index contributed by atoms with van der Waals surface area (Å²) in [4.78, 5) is 24.2. The Bertz CT molecular complexity index is 777. The minimum atomic E-state index is -0.647. The van der Waals surface area contributed by atoms with E-state index < -0.39 is 24.1 Å². The molecule has 0 fully saturated rings. The highest BCUT2D eigenvalue weighted by atomic mass is 16.6. The van der Waals surface area contributed by atoms with Gasteiger partial charge in [0.25, 0.3) is 0 Å². The van der Waals surface area contributed by atoms with E-state index in [4.69, 9.17) is 9.47 Å². The van der Waals surface area contributed by atoms with Crippen molar-refractivity contribution in [2.75, 3.05) is 13.7 Å². The first-order valence-corrected chi connectivity index (χ1v) is 8.51. The summed E-state index contributed by atoms with van der Waals surface area (Å²) in [7, 11) is 1.62. The number of hydrogen-bond acceptors (Lipinski definition) is 7. The van der Waals surface area contributed by atoms with Gasteiger partial charge in [-0.15, -0.1) is 0 Å². The summed E-state index contributed by atoms with van der Waals surface area (Å²) in [6.07, 6.45) is -0.335. The van der Waals surface area contributed by atoms with Crippen molar-refractivity contribution < 1.29 is 29.3 Å². The van der Waals surface area contributed by atoms with Crippen LogP contribution in [0.1, 0.15) is 22.8 Å². The Balaban J connectivity index is 1.85. The lowest BCUT2D eigenvalue weighted by molar-refractivity contribution is -0.148. The number of esters is 2. The van der Waals surface area contributed by atoms with Gasteiger partial charge in [0.1, 0.15) is 18.8 Å². The standard InChI is InChI=1S/C20H23NO6/c1-13(27-19(24)15-6-4-3-5-7-15)12-26-20(25)16(21-2)10-14-8-9-17(22)18(23)11-14/h3-9,11,13,16,21-23H,10,12H2,1-2H3/t13-,16+/m1/s1. The van der Waals surface area contributed by atoms with E-state index in [2.05, 4.69) is 5.32 Å². The van der Waals surface area contributed by atoms with E-state index in [1.54, 1.807) is 50.4 Å². The SMILES string of the molecule is CN[C@@H](Cc1ccc(O)c(O)c1)C(=O)OC[C@@H](C)OC(=O)c1ccccc1. The first kappa shape index (κ1) is 20.3. The molecule has 0 aliphatic rings. The Morgan fingerprint density at radius 1 is 1.07 bits per heavy atom. The number of nitrogens with one attached hydrogen (secondary N) is 1. The van der Waals surface area contributed by atoms with Crippen LogP contribution in [-0.2, 0) is 20.7 Å². The minimum absolute atomic E-state index is 0.0730. The predicted octanol–water partition coefficient (Wildman–Crippen LogP) is 2.02. The van der Waals surface area contributed by atoms with Crippen molar-refractivity contribution in [2.24, 2.45) is 0 Å². The first-order chi connectivity index (χ1) is 12.9. The van der Waals surface area contributed by atoms with E-state index in [9.17, 15) is 19.8 Å². The Hall–Kier alpha value is -3.06. The highest BCUT2D eigenvalue weighted by molar-refractivity contribution is 5.89. The lowest BCUT2D eigenvalue weighted by Gasteiger charge is -2.18. The molecule has 2 aromatic rings. The van der Waals surface area contributed by atoms with E-state index >= 15 is 0 Å². The van der Waals surface area contributed by atoms with Gasteiger partial charge in [-0.1, -0.05) is 24.3 Å². The zero-order valence-electron chi connectivity index (χ0n) is 15.2. The number of phenols is 2. The third kappa shape index (κ3) is 6.00. The molecule has 0 amide bonds. The Labute approximate surface area is 157 Å². The van der Waals surface area contributed by atoms with Gasteiger partial charge in [0.2, 0.25) is 0 Å². The van der Waals surface area contributed by atoms with E-state index in [0.717, 1.165) is 0 Å². The third-order valence-electron chi connectivity index (χ3n) is 3.89. The van der Waals surface area contributed by atoms with Crippen molar-refractivity contribution in [2.45, 2.75) is 25.5 Å². The molecule has 27 heavy (non-hydrogen) atoms. The monoisotopic (exact) mass is 373 g/mol. The van der Waals surface area contributed by atoms with Gasteiger partial charge in [-0.25, -0.2) is 4.79 Å². The zero-order chi connectivity index (χ0) is 19.8. The summed E-state index contributed by atoms with van der Waals surface area (Å²) in [5.41, 5.74) is 1.08. The molecule has 0 saturated carbocycles. The van der Waals surface area contributed by atoms with Crippen LogP contribution in [0.25, 0.3) is 0 Å². The van der Waals surface area contributed by atoms with Crippen LogP contribution in [0, 0.1) is 0 Å². The maximum atomic E-state index is 12.3. The number of carbonyl (C=O) groups excluding carboxylic acids is 2. The molecule has 7 nitrogen and oxygen atoms in total. The lowest BCUT2D eigenvalue weighted by Crippen LogP contribution is -2.38. The number of ether oxygens (including phenoxy) is 2. The maximum absolute atomic E-state index is 12.3. The van der Waals surface area contributed by atoms with Crippen LogP contribution in [0.3, 0.4) is 0 Å². The molecule has 0 radical (unpaired) electrons. The van der Waals surface area contributed by atoms with Crippen molar-refractivity contribution in [3.05, 3.63) is 59.7 Å². The van der Waals surface area contributed by atoms with Crippen LogP contribution >= 0.6 is 0 Å². The highest BCUT2D eigenvalue weighted by Crippen LogP contribution is 2.25. The molecule has 0 aliphatic heterocycles. The number of rotatable bonds is 8. The summed E-state index contributed by atoms with van der Waals surface area (Å²) in [5, 5.41) is 21.7. The zero-order valence-corrected chi connectivity index (χ0v) is 15.2. The number of phenolic OH excluding ortho intramolecular Hbond substituents is 2. The van der Waals surface area contributed by atoms with Gasteiger partial charge in [0.05, 0.1) is 5.56 Å². The molecule has 3 N–H and O–H groups in total. The second kappa shape index (κ2) is 9.59. The van der Waals surface area contributed by atoms with E-state index in [-0.39, 0.29) is 24.5 Å². The molecule has 0 saturated heterocycles. The summed E-state index contributed by atoms with van der Waals surface area (Å²) in [6, 6.07) is 12.3. The van der Waals surface area contributed by atoms with E-state index in [1.165, 1.54) is 12.1 Å². The van der Waals surface area contributed by atoms with Gasteiger partial charge in [-0.3, -0.25) is 4.79 Å². The fourth-order valence-corrected chi connectivity index (χ4v) is 2.39. The molecule has 7 heteroatoms. The van der Waals surface area contributed by atoms with Gasteiger partial charge in [-0.2, -0.15) is 0 Å². The number of aromatic hydroxyl groups is 2. The third-order valence-corrected chi connectivity index (χ3v) is 3.89. The first-order valence-electron chi connectivity index (χ1n) is 8.51. The number of hydrogen-bond donors (Lipinski definition) is 3. The largest absolute Gasteiger partial charge is 0.504 e. The van der Waals surface area contributed by atoms with Crippen molar-refractivity contribution in [1.29, 1.82) is 0 Å². The molecular formula is C20H23NO6. The van der Waals surface area contributed by atoms with Crippen LogP contribution in [0.2, 0.25) is 0 Å². The number of benzene rings is 2. The predicted molar refractivity (Wildman–Crippen MR) is 98.6 cm³/mol. The summed E-state index contributed by atoms with van der Waals surface area (Å²) in [6.45, 7) is 1.57. The van der Waals surface area contributed by atoms with E-state index in [1.807, 2.05) is 0 Å². The van der Waals surface area contributed by atoms with Gasteiger partial charge in [0, 0.05) is 0 Å². The maximum Gasteiger partial charge on any atom is 0.338 e. The Morgan fingerprint density at radius 3 is 2.41 bits per heavy atom. The second-order valence-electron chi connectivity index (χ2n) is 6.08. The molecule has 2 aromatic carbocycles. The Kier molecular flexibility index (Phi) is 7.19.